The largest absolute Gasteiger partial charge is 0.497 e. The van der Waals surface area contributed by atoms with Gasteiger partial charge in [0.2, 0.25) is 0 Å². The van der Waals surface area contributed by atoms with Crippen LogP contribution in [0.1, 0.15) is 30.1 Å². The van der Waals surface area contributed by atoms with Crippen molar-refractivity contribution in [3.05, 3.63) is 59.7 Å². The van der Waals surface area contributed by atoms with Crippen molar-refractivity contribution >= 4 is 11.5 Å². The Labute approximate surface area is 136 Å². The third kappa shape index (κ3) is 2.59. The Morgan fingerprint density at radius 1 is 1.17 bits per heavy atom. The number of carbonyl (C=O) groups is 1. The smallest absolute Gasteiger partial charge is 0.139 e. The van der Waals surface area contributed by atoms with E-state index in [4.69, 9.17) is 4.74 Å². The molecule has 3 atom stereocenters. The molecule has 1 N–H and O–H groups in total. The lowest BCUT2D eigenvalue weighted by atomic mass is 9.86. The van der Waals surface area contributed by atoms with Crippen molar-refractivity contribution < 1.29 is 14.6 Å². The molecule has 0 bridgehead atoms. The first kappa shape index (κ1) is 15.6. The first-order chi connectivity index (χ1) is 11.0. The number of fused-ring (bicyclic) bond motifs is 1. The Kier molecular flexibility index (Phi) is 4.09. The number of aliphatic hydroxyl groups excluding tert-OH is 1. The predicted octanol–water partition coefficient (Wildman–Crippen LogP) is 2.92. The first-order valence-electron chi connectivity index (χ1n) is 7.69. The zero-order chi connectivity index (χ0) is 16.6. The molecule has 0 aromatic heterocycles. The molecule has 4 nitrogen and oxygen atoms in total. The normalized spacial score (nSPS) is 21.0. The topological polar surface area (TPSA) is 49.8 Å². The highest BCUT2D eigenvalue weighted by atomic mass is 16.5. The minimum absolute atomic E-state index is 0.0689. The molecule has 1 aliphatic heterocycles. The van der Waals surface area contributed by atoms with Crippen LogP contribution in [0.3, 0.4) is 0 Å². The molecule has 0 unspecified atom stereocenters. The minimum Gasteiger partial charge on any atom is -0.497 e. The summed E-state index contributed by atoms with van der Waals surface area (Å²) in [7, 11) is 3.54. The van der Waals surface area contributed by atoms with Crippen LogP contribution in [0.4, 0.5) is 5.69 Å². The fraction of sp³-hybridized carbons (Fsp3) is 0.316. The number of benzene rings is 2. The van der Waals surface area contributed by atoms with Crippen LogP contribution in [-0.2, 0) is 4.79 Å². The highest BCUT2D eigenvalue weighted by Gasteiger charge is 2.43. The Hall–Kier alpha value is -2.33. The third-order valence-electron chi connectivity index (χ3n) is 4.66. The maximum Gasteiger partial charge on any atom is 0.139 e. The quantitative estimate of drug-likeness (QED) is 0.943. The molecule has 1 aliphatic rings. The molecule has 3 rings (SSSR count). The monoisotopic (exact) mass is 311 g/mol. The Morgan fingerprint density at radius 2 is 1.83 bits per heavy atom. The van der Waals surface area contributed by atoms with Gasteiger partial charge in [0.25, 0.3) is 0 Å². The summed E-state index contributed by atoms with van der Waals surface area (Å²) in [5, 5.41) is 10.9. The van der Waals surface area contributed by atoms with E-state index >= 15 is 0 Å². The van der Waals surface area contributed by atoms with Crippen molar-refractivity contribution in [2.45, 2.75) is 25.0 Å². The number of likely N-dealkylation sites (N-methyl/N-ethyl adjacent to an activating group) is 1. The number of anilines is 1. The van der Waals surface area contributed by atoms with Gasteiger partial charge in [0.15, 0.2) is 0 Å². The van der Waals surface area contributed by atoms with Gasteiger partial charge in [-0.25, -0.2) is 0 Å². The molecule has 1 heterocycles. The maximum atomic E-state index is 12.2. The Balaban J connectivity index is 1.98. The molecule has 0 fully saturated rings. The number of para-hydroxylation sites is 1. The summed E-state index contributed by atoms with van der Waals surface area (Å²) in [6.45, 7) is 1.59. The number of methoxy groups -OCH3 is 1. The van der Waals surface area contributed by atoms with E-state index in [1.54, 1.807) is 14.0 Å². The van der Waals surface area contributed by atoms with Crippen LogP contribution < -0.4 is 9.64 Å². The van der Waals surface area contributed by atoms with E-state index in [0.29, 0.717) is 0 Å². The van der Waals surface area contributed by atoms with E-state index in [-0.39, 0.29) is 17.7 Å². The average Bonchev–Trinajstić information content (AvgIpc) is 2.88. The third-order valence-corrected chi connectivity index (χ3v) is 4.66. The zero-order valence-electron chi connectivity index (χ0n) is 13.6. The van der Waals surface area contributed by atoms with E-state index < -0.39 is 6.10 Å². The number of carbonyl (C=O) groups excluding carboxylic acids is 1. The molecule has 23 heavy (non-hydrogen) atoms. The Bertz CT molecular complexity index is 711. The van der Waals surface area contributed by atoms with E-state index in [1.165, 1.54) is 0 Å². The van der Waals surface area contributed by atoms with Crippen molar-refractivity contribution in [2.24, 2.45) is 0 Å². The van der Waals surface area contributed by atoms with Crippen molar-refractivity contribution in [1.82, 2.24) is 0 Å². The van der Waals surface area contributed by atoms with Gasteiger partial charge in [-0.3, -0.25) is 4.79 Å². The summed E-state index contributed by atoms with van der Waals surface area (Å²) in [6, 6.07) is 14.9. The number of rotatable bonds is 4. The van der Waals surface area contributed by atoms with Crippen LogP contribution in [0.25, 0.3) is 0 Å². The molecular weight excluding hydrogens is 290 g/mol. The fourth-order valence-electron chi connectivity index (χ4n) is 3.49. The second-order valence-corrected chi connectivity index (χ2v) is 5.97. The van der Waals surface area contributed by atoms with Crippen molar-refractivity contribution in [3.8, 4) is 5.75 Å². The van der Waals surface area contributed by atoms with Gasteiger partial charge < -0.3 is 14.7 Å². The van der Waals surface area contributed by atoms with Crippen LogP contribution in [0.15, 0.2) is 48.5 Å². The number of nitrogens with zero attached hydrogens (tertiary/aromatic N) is 1. The number of aliphatic hydroxyl groups is 1. The number of ketones is 1. The molecule has 4 heteroatoms. The van der Waals surface area contributed by atoms with Crippen LogP contribution in [0.5, 0.6) is 5.75 Å². The highest BCUT2D eigenvalue weighted by molar-refractivity contribution is 5.89. The van der Waals surface area contributed by atoms with Gasteiger partial charge >= 0.3 is 0 Å². The lowest BCUT2D eigenvalue weighted by Crippen LogP contribution is -2.38. The van der Waals surface area contributed by atoms with E-state index in [0.717, 1.165) is 22.6 Å². The zero-order valence-corrected chi connectivity index (χ0v) is 13.6. The second-order valence-electron chi connectivity index (χ2n) is 5.97. The average molecular weight is 311 g/mol. The number of Topliss-reactive ketones (excluding diaryl/α,β-unsaturated/α-hetero) is 1. The number of hydrogen-bond acceptors (Lipinski definition) is 4. The summed E-state index contributed by atoms with van der Waals surface area (Å²) in [5.41, 5.74) is 2.77. The van der Waals surface area contributed by atoms with Crippen LogP contribution >= 0.6 is 0 Å². The van der Waals surface area contributed by atoms with Crippen LogP contribution in [0, 0.1) is 0 Å². The molecule has 0 saturated carbocycles. The van der Waals surface area contributed by atoms with Gasteiger partial charge in [-0.05, 0) is 36.2 Å². The van der Waals surface area contributed by atoms with Crippen molar-refractivity contribution in [3.63, 3.8) is 0 Å². The lowest BCUT2D eigenvalue weighted by Gasteiger charge is -2.30. The van der Waals surface area contributed by atoms with Gasteiger partial charge in [0.05, 0.1) is 19.1 Å². The van der Waals surface area contributed by atoms with Gasteiger partial charge in [-0.1, -0.05) is 30.3 Å². The van der Waals surface area contributed by atoms with Gasteiger partial charge in [0, 0.05) is 12.7 Å². The molecule has 2 aromatic rings. The molecule has 0 saturated heterocycles. The molecule has 2 aromatic carbocycles. The molecule has 0 amide bonds. The predicted molar refractivity (Wildman–Crippen MR) is 90.0 cm³/mol. The van der Waals surface area contributed by atoms with Crippen LogP contribution in [0.2, 0.25) is 0 Å². The maximum absolute atomic E-state index is 12.2. The van der Waals surface area contributed by atoms with Gasteiger partial charge in [0.1, 0.15) is 17.6 Å². The summed E-state index contributed by atoms with van der Waals surface area (Å²) in [6.07, 6.45) is -0.757. The lowest BCUT2D eigenvalue weighted by molar-refractivity contribution is -0.119. The van der Waals surface area contributed by atoms with E-state index in [9.17, 15) is 9.90 Å². The summed E-state index contributed by atoms with van der Waals surface area (Å²) in [5.74, 6) is 0.486. The minimum atomic E-state index is -0.757. The number of ether oxygens (including phenoxy) is 1. The highest BCUT2D eigenvalue weighted by Crippen LogP contribution is 2.45. The number of hydrogen-bond donors (Lipinski definition) is 1. The van der Waals surface area contributed by atoms with E-state index in [2.05, 4.69) is 0 Å². The van der Waals surface area contributed by atoms with Crippen molar-refractivity contribution in [2.75, 3.05) is 19.1 Å². The molecule has 0 aliphatic carbocycles. The Morgan fingerprint density at radius 3 is 2.43 bits per heavy atom. The second kappa shape index (κ2) is 6.05. The van der Waals surface area contributed by atoms with Crippen LogP contribution in [-0.4, -0.2) is 31.1 Å². The van der Waals surface area contributed by atoms with E-state index in [1.807, 2.05) is 60.5 Å². The first-order valence-corrected chi connectivity index (χ1v) is 7.69. The SMILES string of the molecule is COc1ccc([C@H](O)[C@@H]2[C@H](C(C)=O)c3ccccc3N2C)cc1. The summed E-state index contributed by atoms with van der Waals surface area (Å²) < 4.78 is 5.16. The fourth-order valence-corrected chi connectivity index (χ4v) is 3.49. The summed E-state index contributed by atoms with van der Waals surface area (Å²) in [4.78, 5) is 14.3. The molecule has 0 radical (unpaired) electrons. The standard InChI is InChI=1S/C19H21NO3/c1-12(21)17-15-6-4-5-7-16(15)20(2)18(17)19(22)13-8-10-14(23-3)11-9-13/h4-11,17-19,22H,1-3H3/t17-,18+,19+/m1/s1. The molecular formula is C19H21NO3. The van der Waals surface area contributed by atoms with Gasteiger partial charge in [-0.15, -0.1) is 0 Å². The molecule has 120 valence electrons. The summed E-state index contributed by atoms with van der Waals surface area (Å²) >= 11 is 0. The molecule has 0 spiro atoms. The van der Waals surface area contributed by atoms with Crippen molar-refractivity contribution in [1.29, 1.82) is 0 Å². The van der Waals surface area contributed by atoms with Gasteiger partial charge in [-0.2, -0.15) is 0 Å².